The molecule has 3 aliphatic rings. The number of tetrazole rings is 1. The fraction of sp³-hybridized carbons (Fsp3) is 0.528. The lowest BCUT2D eigenvalue weighted by molar-refractivity contribution is -0.130. The van der Waals surface area contributed by atoms with Crippen LogP contribution < -0.4 is 16.0 Å². The van der Waals surface area contributed by atoms with Crippen molar-refractivity contribution in [1.29, 1.82) is 5.26 Å². The molecule has 252 valence electrons. The van der Waals surface area contributed by atoms with Gasteiger partial charge in [-0.15, -0.1) is 5.10 Å². The Morgan fingerprint density at radius 1 is 0.938 bits per heavy atom. The molecule has 12 heteroatoms. The minimum absolute atomic E-state index is 0.0563. The third-order valence-corrected chi connectivity index (χ3v) is 10.5. The molecule has 2 aromatic carbocycles. The van der Waals surface area contributed by atoms with Gasteiger partial charge in [0.2, 0.25) is 5.91 Å². The Morgan fingerprint density at radius 2 is 1.56 bits per heavy atom. The summed E-state index contributed by atoms with van der Waals surface area (Å²) in [6.07, 6.45) is 8.21. The van der Waals surface area contributed by atoms with Crippen LogP contribution in [0.1, 0.15) is 114 Å². The van der Waals surface area contributed by atoms with Gasteiger partial charge in [0.1, 0.15) is 6.04 Å². The predicted octanol–water partition coefficient (Wildman–Crippen LogP) is 3.33. The van der Waals surface area contributed by atoms with Gasteiger partial charge in [-0.05, 0) is 116 Å². The van der Waals surface area contributed by atoms with Crippen LogP contribution in [0.4, 0.5) is 0 Å². The van der Waals surface area contributed by atoms with Crippen molar-refractivity contribution in [1.82, 2.24) is 41.5 Å². The number of carbonyl (C=O) groups is 3. The van der Waals surface area contributed by atoms with E-state index in [-0.39, 0.29) is 30.3 Å². The van der Waals surface area contributed by atoms with Gasteiger partial charge in [0.05, 0.1) is 18.0 Å². The Kier molecular flexibility index (Phi) is 9.87. The first-order chi connectivity index (χ1) is 23.3. The van der Waals surface area contributed by atoms with Crippen LogP contribution in [0, 0.1) is 11.3 Å². The Bertz CT molecular complexity index is 1620. The third-order valence-electron chi connectivity index (χ3n) is 10.5. The van der Waals surface area contributed by atoms with Gasteiger partial charge in [-0.3, -0.25) is 14.4 Å². The topological polar surface area (TPSA) is 169 Å². The predicted molar refractivity (Wildman–Crippen MR) is 179 cm³/mol. The van der Waals surface area contributed by atoms with Crippen molar-refractivity contribution < 1.29 is 14.4 Å². The number of likely N-dealkylation sites (tertiary alicyclic amines) is 1. The smallest absolute Gasteiger partial charge is 0.251 e. The first-order valence-corrected chi connectivity index (χ1v) is 17.4. The van der Waals surface area contributed by atoms with E-state index in [1.807, 2.05) is 50.2 Å². The quantitative estimate of drug-likeness (QED) is 0.259. The standard InChI is InChI=1S/C36H45N9O3/c1-3-38-32(47)26-12-14-29-24(19-26)10-11-25-20-27(33(48)39-4-2)13-15-30(25)36(29,34-41-43-44-42-34)23-35(16-6-5-7-17-35)40-22-31(46)45-18-8-9-28(45)21-37/h12-15,19-20,28,40H,3-11,16-18,22-23H2,1-2H3,(H,38,47)(H,39,48)(H,41,42,43,44)/t28-/m0/s1. The molecule has 3 amide bonds. The number of aromatic amines is 1. The van der Waals surface area contributed by atoms with Gasteiger partial charge in [0, 0.05) is 36.3 Å². The third kappa shape index (κ3) is 6.31. The van der Waals surface area contributed by atoms with Crippen molar-refractivity contribution >= 4 is 17.7 Å². The second kappa shape index (κ2) is 14.2. The van der Waals surface area contributed by atoms with Crippen LogP contribution in [-0.2, 0) is 23.1 Å². The molecule has 4 N–H and O–H groups in total. The minimum atomic E-state index is -0.888. The fourth-order valence-corrected chi connectivity index (χ4v) is 8.24. The molecule has 2 heterocycles. The second-order valence-corrected chi connectivity index (χ2v) is 13.4. The van der Waals surface area contributed by atoms with Crippen LogP contribution >= 0.6 is 0 Å². The van der Waals surface area contributed by atoms with Crippen molar-refractivity contribution in [3.63, 3.8) is 0 Å². The first kappa shape index (κ1) is 33.3. The summed E-state index contributed by atoms with van der Waals surface area (Å²) in [4.78, 5) is 41.3. The number of amides is 3. The molecule has 0 radical (unpaired) electrons. The molecule has 2 fully saturated rings. The Morgan fingerprint density at radius 3 is 2.10 bits per heavy atom. The lowest BCUT2D eigenvalue weighted by atomic mass is 9.62. The van der Waals surface area contributed by atoms with E-state index < -0.39 is 11.0 Å². The molecule has 1 aliphatic heterocycles. The van der Waals surface area contributed by atoms with E-state index in [2.05, 4.69) is 42.6 Å². The van der Waals surface area contributed by atoms with Crippen LogP contribution in [0.15, 0.2) is 36.4 Å². The highest BCUT2D eigenvalue weighted by Crippen LogP contribution is 2.51. The summed E-state index contributed by atoms with van der Waals surface area (Å²) in [6, 6.07) is 13.7. The number of fused-ring (bicyclic) bond motifs is 2. The molecule has 1 atom stereocenters. The average molecular weight is 652 g/mol. The zero-order valence-corrected chi connectivity index (χ0v) is 27.9. The Hall–Kier alpha value is -4.63. The summed E-state index contributed by atoms with van der Waals surface area (Å²) in [5.74, 6) is 0.257. The number of benzene rings is 2. The summed E-state index contributed by atoms with van der Waals surface area (Å²) < 4.78 is 0. The number of nitrogens with zero attached hydrogens (tertiary/aromatic N) is 5. The van der Waals surface area contributed by atoms with Crippen molar-refractivity contribution in [2.45, 2.75) is 95.1 Å². The highest BCUT2D eigenvalue weighted by molar-refractivity contribution is 5.95. The van der Waals surface area contributed by atoms with Crippen LogP contribution in [0.25, 0.3) is 0 Å². The molecule has 12 nitrogen and oxygen atoms in total. The van der Waals surface area contributed by atoms with Crippen LogP contribution in [0.2, 0.25) is 0 Å². The largest absolute Gasteiger partial charge is 0.352 e. The maximum atomic E-state index is 13.6. The van der Waals surface area contributed by atoms with Gasteiger partial charge in [-0.1, -0.05) is 31.4 Å². The molecule has 0 bridgehead atoms. The molecule has 2 aliphatic carbocycles. The summed E-state index contributed by atoms with van der Waals surface area (Å²) in [6.45, 7) is 5.58. The molecule has 1 aromatic heterocycles. The van der Waals surface area contributed by atoms with Crippen LogP contribution in [0.3, 0.4) is 0 Å². The molecule has 1 saturated carbocycles. The maximum absolute atomic E-state index is 13.6. The zero-order chi connectivity index (χ0) is 33.7. The van der Waals surface area contributed by atoms with Crippen molar-refractivity contribution in [3.8, 4) is 6.07 Å². The van der Waals surface area contributed by atoms with E-state index >= 15 is 0 Å². The first-order valence-electron chi connectivity index (χ1n) is 17.4. The van der Waals surface area contributed by atoms with Gasteiger partial charge < -0.3 is 20.9 Å². The second-order valence-electron chi connectivity index (χ2n) is 13.4. The van der Waals surface area contributed by atoms with Crippen molar-refractivity contribution in [3.05, 3.63) is 75.6 Å². The van der Waals surface area contributed by atoms with Crippen molar-refractivity contribution in [2.24, 2.45) is 0 Å². The summed E-state index contributed by atoms with van der Waals surface area (Å²) in [5.41, 5.74) is 3.86. The number of H-pyrrole nitrogens is 1. The summed E-state index contributed by atoms with van der Waals surface area (Å²) >= 11 is 0. The number of aryl methyl sites for hydroxylation is 2. The minimum Gasteiger partial charge on any atom is -0.352 e. The fourth-order valence-electron chi connectivity index (χ4n) is 8.24. The van der Waals surface area contributed by atoms with E-state index in [9.17, 15) is 19.6 Å². The number of nitriles is 1. The number of rotatable bonds is 10. The Labute approximate surface area is 281 Å². The zero-order valence-electron chi connectivity index (χ0n) is 27.9. The number of hydrogen-bond donors (Lipinski definition) is 4. The van der Waals surface area contributed by atoms with Gasteiger partial charge in [0.15, 0.2) is 5.82 Å². The highest BCUT2D eigenvalue weighted by Gasteiger charge is 2.50. The van der Waals surface area contributed by atoms with Crippen molar-refractivity contribution in [2.75, 3.05) is 26.2 Å². The van der Waals surface area contributed by atoms with Gasteiger partial charge in [-0.25, -0.2) is 5.10 Å². The number of carbonyl (C=O) groups excluding carboxylic acids is 3. The average Bonchev–Trinajstić information content (AvgIpc) is 3.81. The molecule has 1 saturated heterocycles. The molecular weight excluding hydrogens is 606 g/mol. The van der Waals surface area contributed by atoms with Crippen LogP contribution in [-0.4, -0.2) is 81.0 Å². The number of aromatic nitrogens is 4. The maximum Gasteiger partial charge on any atom is 0.251 e. The number of hydrogen-bond acceptors (Lipinski definition) is 8. The molecule has 3 aromatic rings. The summed E-state index contributed by atoms with van der Waals surface area (Å²) in [7, 11) is 0. The van der Waals surface area contributed by atoms with E-state index in [0.29, 0.717) is 62.3 Å². The molecule has 48 heavy (non-hydrogen) atoms. The monoisotopic (exact) mass is 651 g/mol. The van der Waals surface area contributed by atoms with E-state index in [0.717, 1.165) is 60.8 Å². The highest BCUT2D eigenvalue weighted by atomic mass is 16.2. The molecule has 6 rings (SSSR count). The van der Waals surface area contributed by atoms with Gasteiger partial charge in [0.25, 0.3) is 11.8 Å². The van der Waals surface area contributed by atoms with E-state index in [4.69, 9.17) is 0 Å². The van der Waals surface area contributed by atoms with Crippen LogP contribution in [0.5, 0.6) is 0 Å². The molecule has 0 unspecified atom stereocenters. The van der Waals surface area contributed by atoms with E-state index in [1.165, 1.54) is 0 Å². The van der Waals surface area contributed by atoms with Gasteiger partial charge in [-0.2, -0.15) is 5.26 Å². The molecular formula is C36H45N9O3. The number of nitrogens with one attached hydrogen (secondary N) is 4. The Balaban J connectivity index is 1.50. The van der Waals surface area contributed by atoms with Gasteiger partial charge >= 0.3 is 0 Å². The van der Waals surface area contributed by atoms with E-state index in [1.54, 1.807) is 4.90 Å². The lowest BCUT2D eigenvalue weighted by Gasteiger charge is -2.46. The molecule has 0 spiro atoms. The lowest BCUT2D eigenvalue weighted by Crippen LogP contribution is -2.55. The SMILES string of the molecule is CCNC(=O)c1ccc2c(c1)CCc1cc(C(=O)NCC)ccc1C2(CC1(NCC(=O)N2CCC[C@H]2C#N)CCCCC1)c1nnn[nH]1. The summed E-state index contributed by atoms with van der Waals surface area (Å²) in [5, 5.41) is 35.1. The normalized spacial score (nSPS) is 19.4.